The average Bonchev–Trinajstić information content (AvgIpc) is 2.33. The minimum Gasteiger partial charge on any atom is -0.289 e. The van der Waals surface area contributed by atoms with Gasteiger partial charge in [0.05, 0.1) is 0 Å². The van der Waals surface area contributed by atoms with Crippen LogP contribution in [0.2, 0.25) is 10.0 Å². The third-order valence-corrected chi connectivity index (χ3v) is 3.26. The molecule has 0 aliphatic heterocycles. The number of benzene rings is 2. The molecule has 0 spiro atoms. The number of rotatable bonds is 2. The lowest BCUT2D eigenvalue weighted by Gasteiger charge is -2.07. The van der Waals surface area contributed by atoms with Gasteiger partial charge >= 0.3 is 0 Å². The average molecular weight is 297 g/mol. The van der Waals surface area contributed by atoms with Crippen molar-refractivity contribution in [2.24, 2.45) is 0 Å². The Morgan fingerprint density at radius 2 is 1.32 bits per heavy atom. The van der Waals surface area contributed by atoms with Crippen molar-refractivity contribution in [1.82, 2.24) is 0 Å². The summed E-state index contributed by atoms with van der Waals surface area (Å²) in [7, 11) is 0. The molecule has 1 nitrogen and oxygen atoms in total. The predicted octanol–water partition coefficient (Wildman–Crippen LogP) is 4.98. The lowest BCUT2D eigenvalue weighted by Crippen LogP contribution is -2.04. The van der Waals surface area contributed by atoms with Gasteiger partial charge in [-0.2, -0.15) is 0 Å². The standard InChI is InChI=1S/C15H11Cl2FO/c1-8-3-10(4-9(2)14(8)18)15(19)11-5-12(16)7-13(17)6-11/h3-7H,1-2H3. The largest absolute Gasteiger partial charge is 0.289 e. The van der Waals surface area contributed by atoms with E-state index in [1.807, 2.05) is 0 Å². The van der Waals surface area contributed by atoms with Gasteiger partial charge in [0.15, 0.2) is 5.78 Å². The van der Waals surface area contributed by atoms with Crippen LogP contribution in [0.15, 0.2) is 30.3 Å². The van der Waals surface area contributed by atoms with Crippen LogP contribution in [0, 0.1) is 19.7 Å². The number of carbonyl (C=O) groups is 1. The van der Waals surface area contributed by atoms with Crippen LogP contribution >= 0.6 is 23.2 Å². The fourth-order valence-corrected chi connectivity index (χ4v) is 2.45. The fraction of sp³-hybridized carbons (Fsp3) is 0.133. The minimum absolute atomic E-state index is 0.226. The molecule has 0 bridgehead atoms. The molecule has 98 valence electrons. The van der Waals surface area contributed by atoms with Crippen LogP contribution in [0.1, 0.15) is 27.0 Å². The molecule has 2 rings (SSSR count). The molecular formula is C15H11Cl2FO. The van der Waals surface area contributed by atoms with Crippen LogP contribution in [-0.2, 0) is 0 Å². The van der Waals surface area contributed by atoms with E-state index in [2.05, 4.69) is 0 Å². The summed E-state index contributed by atoms with van der Waals surface area (Å²) in [6, 6.07) is 7.70. The molecule has 2 aromatic carbocycles. The number of ketones is 1. The highest BCUT2D eigenvalue weighted by Crippen LogP contribution is 2.23. The second-order valence-electron chi connectivity index (χ2n) is 4.41. The first kappa shape index (κ1) is 14.0. The maximum absolute atomic E-state index is 13.6. The zero-order valence-electron chi connectivity index (χ0n) is 10.4. The van der Waals surface area contributed by atoms with E-state index in [1.165, 1.54) is 12.1 Å². The normalized spacial score (nSPS) is 10.6. The molecule has 0 amide bonds. The highest BCUT2D eigenvalue weighted by molar-refractivity contribution is 6.35. The van der Waals surface area contributed by atoms with Gasteiger partial charge in [0.25, 0.3) is 0 Å². The number of hydrogen-bond donors (Lipinski definition) is 0. The topological polar surface area (TPSA) is 17.1 Å². The van der Waals surface area contributed by atoms with Crippen LogP contribution in [-0.4, -0.2) is 5.78 Å². The van der Waals surface area contributed by atoms with Crippen molar-refractivity contribution < 1.29 is 9.18 Å². The van der Waals surface area contributed by atoms with Gasteiger partial charge in [-0.25, -0.2) is 4.39 Å². The Morgan fingerprint density at radius 1 is 0.895 bits per heavy atom. The van der Waals surface area contributed by atoms with E-state index in [9.17, 15) is 9.18 Å². The second kappa shape index (κ2) is 5.32. The molecule has 0 saturated heterocycles. The zero-order valence-corrected chi connectivity index (χ0v) is 11.9. The van der Waals surface area contributed by atoms with Crippen molar-refractivity contribution in [2.75, 3.05) is 0 Å². The molecule has 0 unspecified atom stereocenters. The number of aryl methyl sites for hydroxylation is 2. The molecule has 19 heavy (non-hydrogen) atoms. The third kappa shape index (κ3) is 2.96. The van der Waals surface area contributed by atoms with Gasteiger partial charge in [-0.05, 0) is 55.3 Å². The van der Waals surface area contributed by atoms with Crippen molar-refractivity contribution in [2.45, 2.75) is 13.8 Å². The van der Waals surface area contributed by atoms with Gasteiger partial charge in [-0.15, -0.1) is 0 Å². The lowest BCUT2D eigenvalue weighted by molar-refractivity contribution is 0.103. The van der Waals surface area contributed by atoms with Gasteiger partial charge in [0.1, 0.15) is 5.82 Å². The van der Waals surface area contributed by atoms with Crippen LogP contribution in [0.5, 0.6) is 0 Å². The van der Waals surface area contributed by atoms with E-state index in [4.69, 9.17) is 23.2 Å². The molecule has 4 heteroatoms. The van der Waals surface area contributed by atoms with Gasteiger partial charge in [0, 0.05) is 21.2 Å². The molecule has 0 saturated carbocycles. The highest BCUT2D eigenvalue weighted by Gasteiger charge is 2.14. The first-order valence-corrected chi connectivity index (χ1v) is 6.41. The molecule has 0 aromatic heterocycles. The Hall–Kier alpha value is -1.38. The predicted molar refractivity (Wildman–Crippen MR) is 75.8 cm³/mol. The Labute approximate surface area is 121 Å². The summed E-state index contributed by atoms with van der Waals surface area (Å²) in [5, 5.41) is 0.790. The molecule has 0 aliphatic rings. The quantitative estimate of drug-likeness (QED) is 0.714. The van der Waals surface area contributed by atoms with Crippen molar-refractivity contribution in [3.8, 4) is 0 Å². The van der Waals surface area contributed by atoms with Crippen molar-refractivity contribution >= 4 is 29.0 Å². The van der Waals surface area contributed by atoms with E-state index < -0.39 is 0 Å². The fourth-order valence-electron chi connectivity index (χ4n) is 1.93. The first-order valence-electron chi connectivity index (χ1n) is 5.66. The Bertz CT molecular complexity index is 622. The smallest absolute Gasteiger partial charge is 0.193 e. The summed E-state index contributed by atoms with van der Waals surface area (Å²) < 4.78 is 13.6. The molecular weight excluding hydrogens is 286 g/mol. The maximum Gasteiger partial charge on any atom is 0.193 e. The van der Waals surface area contributed by atoms with Crippen LogP contribution in [0.3, 0.4) is 0 Å². The summed E-state index contributed by atoms with van der Waals surface area (Å²) in [4.78, 5) is 12.3. The van der Waals surface area contributed by atoms with Crippen LogP contribution < -0.4 is 0 Å². The summed E-state index contributed by atoms with van der Waals surface area (Å²) in [5.41, 5.74) is 1.70. The Morgan fingerprint density at radius 3 is 1.79 bits per heavy atom. The Balaban J connectivity index is 2.50. The molecule has 2 aromatic rings. The SMILES string of the molecule is Cc1cc(C(=O)c2cc(Cl)cc(Cl)c2)cc(C)c1F. The number of carbonyl (C=O) groups excluding carboxylic acids is 1. The molecule has 0 aliphatic carbocycles. The number of halogens is 3. The van der Waals surface area contributed by atoms with E-state index in [0.717, 1.165) is 0 Å². The van der Waals surface area contributed by atoms with E-state index in [0.29, 0.717) is 32.3 Å². The van der Waals surface area contributed by atoms with E-state index >= 15 is 0 Å². The minimum atomic E-state index is -0.291. The highest BCUT2D eigenvalue weighted by atomic mass is 35.5. The van der Waals surface area contributed by atoms with Gasteiger partial charge in [-0.1, -0.05) is 23.2 Å². The van der Waals surface area contributed by atoms with Crippen molar-refractivity contribution in [3.63, 3.8) is 0 Å². The maximum atomic E-state index is 13.6. The van der Waals surface area contributed by atoms with Crippen molar-refractivity contribution in [1.29, 1.82) is 0 Å². The summed E-state index contributed by atoms with van der Waals surface area (Å²) in [6.07, 6.45) is 0. The summed E-state index contributed by atoms with van der Waals surface area (Å²) in [5.74, 6) is -0.517. The summed E-state index contributed by atoms with van der Waals surface area (Å²) in [6.45, 7) is 3.26. The van der Waals surface area contributed by atoms with Gasteiger partial charge in [0.2, 0.25) is 0 Å². The first-order chi connectivity index (χ1) is 8.88. The second-order valence-corrected chi connectivity index (χ2v) is 5.28. The monoisotopic (exact) mass is 296 g/mol. The molecule has 0 radical (unpaired) electrons. The summed E-state index contributed by atoms with van der Waals surface area (Å²) >= 11 is 11.7. The molecule has 0 atom stereocenters. The van der Waals surface area contributed by atoms with E-state index in [-0.39, 0.29) is 11.6 Å². The molecule has 0 N–H and O–H groups in total. The van der Waals surface area contributed by atoms with E-state index in [1.54, 1.807) is 32.0 Å². The Kier molecular flexibility index (Phi) is 3.93. The van der Waals surface area contributed by atoms with Crippen LogP contribution in [0.25, 0.3) is 0 Å². The lowest BCUT2D eigenvalue weighted by atomic mass is 9.99. The third-order valence-electron chi connectivity index (χ3n) is 2.82. The van der Waals surface area contributed by atoms with Crippen LogP contribution in [0.4, 0.5) is 4.39 Å². The van der Waals surface area contributed by atoms with Crippen molar-refractivity contribution in [3.05, 3.63) is 68.4 Å². The zero-order chi connectivity index (χ0) is 14.2. The molecule has 0 fully saturated rings. The molecule has 0 heterocycles. The van der Waals surface area contributed by atoms with Gasteiger partial charge in [-0.3, -0.25) is 4.79 Å². The number of hydrogen-bond acceptors (Lipinski definition) is 1. The van der Waals surface area contributed by atoms with Gasteiger partial charge < -0.3 is 0 Å².